The summed E-state index contributed by atoms with van der Waals surface area (Å²) in [5, 5.41) is 1.95. The Morgan fingerprint density at radius 2 is 1.82 bits per heavy atom. The van der Waals surface area contributed by atoms with Crippen LogP contribution in [0.25, 0.3) is 0 Å². The minimum Gasteiger partial charge on any atom is -0.350 e. The van der Waals surface area contributed by atoms with E-state index < -0.39 is 18.3 Å². The van der Waals surface area contributed by atoms with E-state index in [1.54, 1.807) is 0 Å². The Morgan fingerprint density at radius 3 is 2.29 bits per heavy atom. The lowest BCUT2D eigenvalue weighted by molar-refractivity contribution is -0.169. The van der Waals surface area contributed by atoms with Crippen molar-refractivity contribution in [3.8, 4) is 0 Å². The predicted molar refractivity (Wildman–Crippen MR) is 55.2 cm³/mol. The molecule has 1 fully saturated rings. The summed E-state index contributed by atoms with van der Waals surface area (Å²) in [7, 11) is 0. The lowest BCUT2D eigenvalue weighted by Crippen LogP contribution is -2.48. The van der Waals surface area contributed by atoms with Crippen LogP contribution in [0.5, 0.6) is 0 Å². The van der Waals surface area contributed by atoms with Crippen LogP contribution >= 0.6 is 0 Å². The SMILES string of the molecule is CC1(CNC(=O)C(F)(F)C(F)F)CCCCC1. The number of amides is 1. The Morgan fingerprint density at radius 1 is 1.29 bits per heavy atom. The van der Waals surface area contributed by atoms with E-state index in [-0.39, 0.29) is 12.0 Å². The summed E-state index contributed by atoms with van der Waals surface area (Å²) in [6, 6.07) is 0. The summed E-state index contributed by atoms with van der Waals surface area (Å²) in [4.78, 5) is 11.0. The van der Waals surface area contributed by atoms with Crippen LogP contribution < -0.4 is 5.32 Å². The van der Waals surface area contributed by atoms with Gasteiger partial charge in [0.15, 0.2) is 0 Å². The largest absolute Gasteiger partial charge is 0.383 e. The molecule has 0 aromatic rings. The second-order valence-corrected chi connectivity index (χ2v) is 4.98. The van der Waals surface area contributed by atoms with Gasteiger partial charge in [-0.2, -0.15) is 8.78 Å². The van der Waals surface area contributed by atoms with Crippen LogP contribution in [0.2, 0.25) is 0 Å². The van der Waals surface area contributed by atoms with Crippen molar-refractivity contribution < 1.29 is 22.4 Å². The van der Waals surface area contributed by atoms with Crippen LogP contribution in [0.1, 0.15) is 39.0 Å². The predicted octanol–water partition coefficient (Wildman–Crippen LogP) is 2.97. The highest BCUT2D eigenvalue weighted by Gasteiger charge is 2.49. The third-order valence-electron chi connectivity index (χ3n) is 3.31. The standard InChI is InChI=1S/C11H17F4NO/c1-10(5-3-2-4-6-10)7-16-9(17)11(14,15)8(12)13/h8H,2-7H2,1H3,(H,16,17). The molecular weight excluding hydrogens is 238 g/mol. The number of hydrogen-bond acceptors (Lipinski definition) is 1. The maximum atomic E-state index is 12.7. The summed E-state index contributed by atoms with van der Waals surface area (Å²) < 4.78 is 49.1. The van der Waals surface area contributed by atoms with Crippen LogP contribution in [0.4, 0.5) is 17.6 Å². The van der Waals surface area contributed by atoms with E-state index in [1.165, 1.54) is 0 Å². The summed E-state index contributed by atoms with van der Waals surface area (Å²) in [6.07, 6.45) is 0.758. The first-order chi connectivity index (χ1) is 7.78. The molecule has 17 heavy (non-hydrogen) atoms. The number of hydrogen-bond donors (Lipinski definition) is 1. The van der Waals surface area contributed by atoms with Crippen molar-refractivity contribution in [3.05, 3.63) is 0 Å². The average Bonchev–Trinajstić information content (AvgIpc) is 2.26. The van der Waals surface area contributed by atoms with Gasteiger partial charge in [0, 0.05) is 6.54 Å². The van der Waals surface area contributed by atoms with Gasteiger partial charge in [0.05, 0.1) is 0 Å². The Labute approximate surface area is 97.8 Å². The van der Waals surface area contributed by atoms with Crippen LogP contribution in [-0.2, 0) is 4.79 Å². The van der Waals surface area contributed by atoms with Crippen molar-refractivity contribution in [1.82, 2.24) is 5.32 Å². The molecule has 1 aliphatic rings. The number of carbonyl (C=O) groups excluding carboxylic acids is 1. The first kappa shape index (κ1) is 14.3. The molecule has 1 N–H and O–H groups in total. The molecular formula is C11H17F4NO. The second kappa shape index (κ2) is 5.23. The molecule has 1 amide bonds. The molecule has 0 radical (unpaired) electrons. The molecule has 0 saturated heterocycles. The highest BCUT2D eigenvalue weighted by atomic mass is 19.3. The summed E-state index contributed by atoms with van der Waals surface area (Å²) >= 11 is 0. The summed E-state index contributed by atoms with van der Waals surface area (Å²) in [6.45, 7) is 1.92. The van der Waals surface area contributed by atoms with Crippen molar-refractivity contribution in [2.75, 3.05) is 6.54 Å². The average molecular weight is 255 g/mol. The van der Waals surface area contributed by atoms with Crippen LogP contribution in [0.3, 0.4) is 0 Å². The summed E-state index contributed by atoms with van der Waals surface area (Å²) in [5.41, 5.74) is -0.244. The minimum atomic E-state index is -4.59. The molecule has 6 heteroatoms. The highest BCUT2D eigenvalue weighted by Crippen LogP contribution is 2.35. The van der Waals surface area contributed by atoms with Crippen LogP contribution in [-0.4, -0.2) is 24.8 Å². The van der Waals surface area contributed by atoms with E-state index in [2.05, 4.69) is 0 Å². The molecule has 1 rings (SSSR count). The number of carbonyl (C=O) groups is 1. The third-order valence-corrected chi connectivity index (χ3v) is 3.31. The van der Waals surface area contributed by atoms with Gasteiger partial charge in [-0.3, -0.25) is 4.79 Å². The number of rotatable bonds is 4. The van der Waals surface area contributed by atoms with Crippen molar-refractivity contribution in [2.45, 2.75) is 51.4 Å². The van der Waals surface area contributed by atoms with Gasteiger partial charge in [-0.05, 0) is 18.3 Å². The van der Waals surface area contributed by atoms with Gasteiger partial charge in [-0.1, -0.05) is 26.2 Å². The smallest absolute Gasteiger partial charge is 0.350 e. The maximum Gasteiger partial charge on any atom is 0.383 e. The molecule has 2 nitrogen and oxygen atoms in total. The zero-order chi connectivity index (χ0) is 13.1. The van der Waals surface area contributed by atoms with E-state index in [4.69, 9.17) is 0 Å². The van der Waals surface area contributed by atoms with E-state index in [0.29, 0.717) is 0 Å². The highest BCUT2D eigenvalue weighted by molar-refractivity contribution is 5.83. The normalized spacial score (nSPS) is 20.4. The Kier molecular flexibility index (Phi) is 4.38. The molecule has 100 valence electrons. The zero-order valence-corrected chi connectivity index (χ0v) is 9.74. The Balaban J connectivity index is 2.47. The van der Waals surface area contributed by atoms with Gasteiger partial charge in [0.1, 0.15) is 0 Å². The van der Waals surface area contributed by atoms with Crippen molar-refractivity contribution >= 4 is 5.91 Å². The first-order valence-electron chi connectivity index (χ1n) is 5.72. The number of nitrogens with one attached hydrogen (secondary N) is 1. The number of alkyl halides is 4. The third kappa shape index (κ3) is 3.57. The Hall–Kier alpha value is -0.810. The van der Waals surface area contributed by atoms with Gasteiger partial charge >= 0.3 is 12.3 Å². The van der Waals surface area contributed by atoms with E-state index >= 15 is 0 Å². The van der Waals surface area contributed by atoms with Gasteiger partial charge in [-0.25, -0.2) is 8.78 Å². The molecule has 1 saturated carbocycles. The second-order valence-electron chi connectivity index (χ2n) is 4.98. The van der Waals surface area contributed by atoms with E-state index in [0.717, 1.165) is 32.1 Å². The quantitative estimate of drug-likeness (QED) is 0.769. The Bertz CT molecular complexity index is 275. The van der Waals surface area contributed by atoms with Crippen LogP contribution in [0.15, 0.2) is 0 Å². The van der Waals surface area contributed by atoms with E-state index in [1.807, 2.05) is 12.2 Å². The molecule has 0 aromatic carbocycles. The van der Waals surface area contributed by atoms with Crippen molar-refractivity contribution in [3.63, 3.8) is 0 Å². The van der Waals surface area contributed by atoms with Crippen molar-refractivity contribution in [2.24, 2.45) is 5.41 Å². The molecule has 0 unspecified atom stereocenters. The monoisotopic (exact) mass is 255 g/mol. The van der Waals surface area contributed by atoms with E-state index in [9.17, 15) is 22.4 Å². The molecule has 0 aromatic heterocycles. The van der Waals surface area contributed by atoms with Gasteiger partial charge in [0.2, 0.25) is 0 Å². The zero-order valence-electron chi connectivity index (χ0n) is 9.74. The molecule has 0 bridgehead atoms. The van der Waals surface area contributed by atoms with Crippen molar-refractivity contribution in [1.29, 1.82) is 0 Å². The molecule has 0 heterocycles. The molecule has 0 aliphatic heterocycles. The fourth-order valence-corrected chi connectivity index (χ4v) is 2.09. The van der Waals surface area contributed by atoms with Crippen LogP contribution in [0, 0.1) is 5.41 Å². The fraction of sp³-hybridized carbons (Fsp3) is 0.909. The first-order valence-corrected chi connectivity index (χ1v) is 5.72. The molecule has 1 aliphatic carbocycles. The summed E-state index contributed by atoms with van der Waals surface area (Å²) in [5.74, 6) is -6.47. The van der Waals surface area contributed by atoms with Gasteiger partial charge < -0.3 is 5.32 Å². The van der Waals surface area contributed by atoms with Gasteiger partial charge in [0.25, 0.3) is 5.91 Å². The lowest BCUT2D eigenvalue weighted by atomic mass is 9.76. The maximum absolute atomic E-state index is 12.7. The molecule has 0 spiro atoms. The lowest BCUT2D eigenvalue weighted by Gasteiger charge is -2.34. The fourth-order valence-electron chi connectivity index (χ4n) is 2.09. The topological polar surface area (TPSA) is 29.1 Å². The number of halogens is 4. The molecule has 0 atom stereocenters. The van der Waals surface area contributed by atoms with Gasteiger partial charge in [-0.15, -0.1) is 0 Å². The minimum absolute atomic E-state index is 0.0359.